The molecule has 1 atom stereocenters. The fourth-order valence-corrected chi connectivity index (χ4v) is 2.73. The van der Waals surface area contributed by atoms with Crippen molar-refractivity contribution < 1.29 is 4.79 Å². The Balaban J connectivity index is 1.97. The van der Waals surface area contributed by atoms with E-state index in [9.17, 15) is 4.79 Å². The molecule has 0 radical (unpaired) electrons. The first-order valence-electron chi connectivity index (χ1n) is 5.88. The van der Waals surface area contributed by atoms with Crippen LogP contribution < -0.4 is 5.32 Å². The van der Waals surface area contributed by atoms with Crippen LogP contribution in [0.4, 0.5) is 5.69 Å². The molecule has 3 rings (SSSR count). The first-order valence-corrected chi connectivity index (χ1v) is 6.67. The van der Waals surface area contributed by atoms with Gasteiger partial charge >= 0.3 is 0 Å². The zero-order valence-corrected chi connectivity index (χ0v) is 11.3. The van der Waals surface area contributed by atoms with E-state index in [1.807, 2.05) is 42.5 Å². The first-order chi connectivity index (χ1) is 8.74. The molecule has 0 bridgehead atoms. The minimum Gasteiger partial charge on any atom is -0.377 e. The van der Waals surface area contributed by atoms with E-state index in [1.165, 1.54) is 0 Å². The molecule has 0 aromatic heterocycles. The third-order valence-corrected chi connectivity index (χ3v) is 3.69. The zero-order valence-electron chi connectivity index (χ0n) is 9.69. The predicted molar refractivity (Wildman–Crippen MR) is 75.9 cm³/mol. The molecule has 90 valence electrons. The van der Waals surface area contributed by atoms with Crippen molar-refractivity contribution >= 4 is 27.4 Å². The number of hydrogen-bond acceptors (Lipinski definition) is 2. The Bertz CT molecular complexity index is 609. The third kappa shape index (κ3) is 2.06. The van der Waals surface area contributed by atoms with Gasteiger partial charge in [0.25, 0.3) is 0 Å². The molecule has 1 heterocycles. The smallest absolute Gasteiger partial charge is 0.167 e. The molecule has 0 saturated carbocycles. The molecule has 0 unspecified atom stereocenters. The van der Waals surface area contributed by atoms with Gasteiger partial charge in [0.1, 0.15) is 0 Å². The molecule has 0 fully saturated rings. The molecule has 0 saturated heterocycles. The molecule has 2 nitrogen and oxygen atoms in total. The summed E-state index contributed by atoms with van der Waals surface area (Å²) in [7, 11) is 0. The van der Waals surface area contributed by atoms with Crippen molar-refractivity contribution in [3.63, 3.8) is 0 Å². The summed E-state index contributed by atoms with van der Waals surface area (Å²) in [5.41, 5.74) is 2.86. The molecule has 1 aliphatic rings. The highest BCUT2D eigenvalue weighted by molar-refractivity contribution is 9.10. The van der Waals surface area contributed by atoms with Crippen LogP contribution in [0.1, 0.15) is 28.4 Å². The number of Topliss-reactive ketones (excluding diaryl/α,β-unsaturated/α-hetero) is 1. The third-order valence-electron chi connectivity index (χ3n) is 3.20. The SMILES string of the molecule is O=C1C[C@H](c2cccc(Br)c2)Nc2ccccc21. The van der Waals surface area contributed by atoms with Crippen LogP contribution in [0.5, 0.6) is 0 Å². The van der Waals surface area contributed by atoms with Crippen LogP contribution in [0.2, 0.25) is 0 Å². The minimum absolute atomic E-state index is 0.0601. The number of nitrogens with one attached hydrogen (secondary N) is 1. The fourth-order valence-electron chi connectivity index (χ4n) is 2.31. The lowest BCUT2D eigenvalue weighted by Crippen LogP contribution is -2.22. The standard InChI is InChI=1S/C15H12BrNO/c16-11-5-3-4-10(8-11)14-9-15(18)12-6-1-2-7-13(12)17-14/h1-8,14,17H,9H2/t14-/m1/s1. The number of para-hydroxylation sites is 1. The van der Waals surface area contributed by atoms with E-state index in [4.69, 9.17) is 0 Å². The van der Waals surface area contributed by atoms with Gasteiger partial charge in [0, 0.05) is 22.1 Å². The Hall–Kier alpha value is -1.61. The highest BCUT2D eigenvalue weighted by Crippen LogP contribution is 2.33. The average molecular weight is 302 g/mol. The highest BCUT2D eigenvalue weighted by Gasteiger charge is 2.24. The molecule has 2 aromatic rings. The van der Waals surface area contributed by atoms with Crippen LogP contribution in [0, 0.1) is 0 Å². The lowest BCUT2D eigenvalue weighted by Gasteiger charge is -2.26. The number of carbonyl (C=O) groups is 1. The van der Waals surface area contributed by atoms with Crippen molar-refractivity contribution in [2.45, 2.75) is 12.5 Å². The maximum atomic E-state index is 12.1. The Morgan fingerprint density at radius 3 is 2.78 bits per heavy atom. The van der Waals surface area contributed by atoms with Gasteiger partial charge in [-0.1, -0.05) is 40.2 Å². The molecule has 0 amide bonds. The summed E-state index contributed by atoms with van der Waals surface area (Å²) in [5, 5.41) is 3.43. The van der Waals surface area contributed by atoms with E-state index in [-0.39, 0.29) is 11.8 Å². The van der Waals surface area contributed by atoms with Gasteiger partial charge in [-0.15, -0.1) is 0 Å². The van der Waals surface area contributed by atoms with Crippen molar-refractivity contribution in [1.82, 2.24) is 0 Å². The number of rotatable bonds is 1. The van der Waals surface area contributed by atoms with Crippen molar-refractivity contribution in [3.8, 4) is 0 Å². The molecule has 0 aliphatic carbocycles. The van der Waals surface area contributed by atoms with Crippen LogP contribution >= 0.6 is 15.9 Å². The van der Waals surface area contributed by atoms with Crippen LogP contribution in [-0.4, -0.2) is 5.78 Å². The summed E-state index contributed by atoms with van der Waals surface area (Å²) in [6, 6.07) is 15.8. The summed E-state index contributed by atoms with van der Waals surface area (Å²) < 4.78 is 1.04. The van der Waals surface area contributed by atoms with Crippen molar-refractivity contribution in [2.24, 2.45) is 0 Å². The molecule has 2 aromatic carbocycles. The maximum Gasteiger partial charge on any atom is 0.167 e. The minimum atomic E-state index is 0.0601. The first kappa shape index (κ1) is 11.5. The van der Waals surface area contributed by atoms with Crippen LogP contribution in [0.25, 0.3) is 0 Å². The number of anilines is 1. The molecular formula is C15H12BrNO. The fraction of sp³-hybridized carbons (Fsp3) is 0.133. The lowest BCUT2D eigenvalue weighted by atomic mass is 9.92. The van der Waals surface area contributed by atoms with Gasteiger partial charge in [-0.05, 0) is 29.8 Å². The van der Waals surface area contributed by atoms with E-state index in [0.29, 0.717) is 6.42 Å². The second kappa shape index (κ2) is 4.58. The van der Waals surface area contributed by atoms with Crippen LogP contribution in [-0.2, 0) is 0 Å². The van der Waals surface area contributed by atoms with E-state index in [2.05, 4.69) is 27.3 Å². The summed E-state index contributed by atoms with van der Waals surface area (Å²) >= 11 is 3.46. The Labute approximate surface area is 114 Å². The normalized spacial score (nSPS) is 18.1. The molecule has 1 N–H and O–H groups in total. The van der Waals surface area contributed by atoms with E-state index in [0.717, 1.165) is 21.3 Å². The predicted octanol–water partition coefficient (Wildman–Crippen LogP) is 4.19. The average Bonchev–Trinajstić information content (AvgIpc) is 2.39. The quantitative estimate of drug-likeness (QED) is 0.856. The van der Waals surface area contributed by atoms with Gasteiger partial charge in [-0.25, -0.2) is 0 Å². The monoisotopic (exact) mass is 301 g/mol. The second-order valence-electron chi connectivity index (χ2n) is 4.42. The highest BCUT2D eigenvalue weighted by atomic mass is 79.9. The summed E-state index contributed by atoms with van der Waals surface area (Å²) in [4.78, 5) is 12.1. The zero-order chi connectivity index (χ0) is 12.5. The lowest BCUT2D eigenvalue weighted by molar-refractivity contribution is 0.0972. The van der Waals surface area contributed by atoms with Crippen LogP contribution in [0.3, 0.4) is 0 Å². The number of carbonyl (C=O) groups excluding carboxylic acids is 1. The topological polar surface area (TPSA) is 29.1 Å². The second-order valence-corrected chi connectivity index (χ2v) is 5.34. The summed E-state index contributed by atoms with van der Waals surface area (Å²) in [6.45, 7) is 0. The Morgan fingerprint density at radius 1 is 1.11 bits per heavy atom. The number of fused-ring (bicyclic) bond motifs is 1. The van der Waals surface area contributed by atoms with Crippen molar-refractivity contribution in [1.29, 1.82) is 0 Å². The van der Waals surface area contributed by atoms with Crippen LogP contribution in [0.15, 0.2) is 53.0 Å². The van der Waals surface area contributed by atoms with E-state index >= 15 is 0 Å². The summed E-state index contributed by atoms with van der Waals surface area (Å²) in [6.07, 6.45) is 0.507. The molecule has 0 spiro atoms. The van der Waals surface area contributed by atoms with Crippen molar-refractivity contribution in [3.05, 3.63) is 64.1 Å². The Morgan fingerprint density at radius 2 is 1.94 bits per heavy atom. The van der Waals surface area contributed by atoms with Gasteiger partial charge < -0.3 is 5.32 Å². The van der Waals surface area contributed by atoms with Crippen molar-refractivity contribution in [2.75, 3.05) is 5.32 Å². The molecular weight excluding hydrogens is 290 g/mol. The Kier molecular flexibility index (Phi) is 2.92. The van der Waals surface area contributed by atoms with Gasteiger partial charge in [-0.2, -0.15) is 0 Å². The largest absolute Gasteiger partial charge is 0.377 e. The van der Waals surface area contributed by atoms with Gasteiger partial charge in [0.2, 0.25) is 0 Å². The molecule has 1 aliphatic heterocycles. The number of halogens is 1. The molecule has 3 heteroatoms. The number of hydrogen-bond donors (Lipinski definition) is 1. The van der Waals surface area contributed by atoms with E-state index < -0.39 is 0 Å². The maximum absolute atomic E-state index is 12.1. The van der Waals surface area contributed by atoms with E-state index in [1.54, 1.807) is 0 Å². The van der Waals surface area contributed by atoms with Gasteiger partial charge in [0.05, 0.1) is 6.04 Å². The van der Waals surface area contributed by atoms with Gasteiger partial charge in [0.15, 0.2) is 5.78 Å². The molecule has 18 heavy (non-hydrogen) atoms. The number of ketones is 1. The van der Waals surface area contributed by atoms with Gasteiger partial charge in [-0.3, -0.25) is 4.79 Å². The summed E-state index contributed by atoms with van der Waals surface area (Å²) in [5.74, 6) is 0.203. The number of benzene rings is 2.